The number of carbonyl (C=O) groups is 2. The van der Waals surface area contributed by atoms with Gasteiger partial charge >= 0.3 is 11.9 Å². The van der Waals surface area contributed by atoms with Crippen LogP contribution < -0.4 is 5.73 Å². The molecular weight excluding hydrogens is 704 g/mol. The fourth-order valence-electron chi connectivity index (χ4n) is 9.02. The fourth-order valence-corrected chi connectivity index (χ4v) is 9.02. The Kier molecular flexibility index (Phi) is 16.0. The molecule has 0 aromatic rings. The zero-order chi connectivity index (χ0) is 41.2. The molecule has 15 nitrogen and oxygen atoms in total. The van der Waals surface area contributed by atoms with Crippen LogP contribution in [0.5, 0.6) is 0 Å². The lowest BCUT2D eigenvalue weighted by atomic mass is 9.72. The molecular formula is C39H72N2O13. The molecule has 3 aliphatic rings. The number of hydrogen-bond donors (Lipinski definition) is 5. The van der Waals surface area contributed by atoms with E-state index in [0.717, 1.165) is 0 Å². The number of likely N-dealkylation sites (N-methyl/N-ethyl adjacent to an activating group) is 1. The van der Waals surface area contributed by atoms with Gasteiger partial charge in [-0.2, -0.15) is 0 Å². The molecule has 0 aromatic carbocycles. The number of aliphatic hydroxyl groups is 4. The summed E-state index contributed by atoms with van der Waals surface area (Å²) >= 11 is 0. The van der Waals surface area contributed by atoms with E-state index in [9.17, 15) is 30.0 Å². The second-order valence-electron chi connectivity index (χ2n) is 17.4. The predicted molar refractivity (Wildman–Crippen MR) is 199 cm³/mol. The van der Waals surface area contributed by atoms with Gasteiger partial charge in [-0.1, -0.05) is 27.7 Å². The SMILES string of the molecule is CC[C@H]1OC(=O)C(C)C(OC2CC(C)(OC)C(OC(C)=O)C(C)O2)C(C)C(OC2OC(C)CC(N(C)C)C2O)C(C)(O)CC(C)C(N)C(C)C(O)C1(C)O. The van der Waals surface area contributed by atoms with Crippen molar-refractivity contribution >= 4 is 11.9 Å². The van der Waals surface area contributed by atoms with Crippen molar-refractivity contribution in [2.45, 2.75) is 192 Å². The van der Waals surface area contributed by atoms with Gasteiger partial charge in [0.15, 0.2) is 18.7 Å². The van der Waals surface area contributed by atoms with Crippen LogP contribution in [-0.2, 0) is 42.7 Å². The van der Waals surface area contributed by atoms with Crippen molar-refractivity contribution < 1.29 is 63.2 Å². The number of carbonyl (C=O) groups excluding carboxylic acids is 2. The van der Waals surface area contributed by atoms with E-state index >= 15 is 0 Å². The van der Waals surface area contributed by atoms with Crippen LogP contribution in [0.3, 0.4) is 0 Å². The number of hydrogen-bond acceptors (Lipinski definition) is 15. The van der Waals surface area contributed by atoms with Crippen LogP contribution in [-0.4, -0.2) is 149 Å². The van der Waals surface area contributed by atoms with Crippen molar-refractivity contribution in [3.8, 4) is 0 Å². The Morgan fingerprint density at radius 1 is 0.963 bits per heavy atom. The van der Waals surface area contributed by atoms with Gasteiger partial charge in [-0.25, -0.2) is 0 Å². The Balaban J connectivity index is 2.18. The summed E-state index contributed by atoms with van der Waals surface area (Å²) in [5.74, 6) is -4.17. The average Bonchev–Trinajstić information content (AvgIpc) is 3.08. The first-order valence-corrected chi connectivity index (χ1v) is 19.6. The Morgan fingerprint density at radius 3 is 2.11 bits per heavy atom. The topological polar surface area (TPSA) is 209 Å². The maximum Gasteiger partial charge on any atom is 0.311 e. The highest BCUT2D eigenvalue weighted by molar-refractivity contribution is 5.73. The number of nitrogens with zero attached hydrogens (tertiary/aromatic N) is 1. The van der Waals surface area contributed by atoms with E-state index in [2.05, 4.69) is 0 Å². The smallest absolute Gasteiger partial charge is 0.311 e. The summed E-state index contributed by atoms with van der Waals surface area (Å²) in [6.45, 7) is 18.5. The lowest BCUT2D eigenvalue weighted by molar-refractivity contribution is -0.319. The molecule has 0 bridgehead atoms. The van der Waals surface area contributed by atoms with Crippen LogP contribution in [0.4, 0.5) is 0 Å². The Hall–Kier alpha value is -1.50. The first kappa shape index (κ1) is 46.9. The summed E-state index contributed by atoms with van der Waals surface area (Å²) in [4.78, 5) is 28.2. The molecule has 18 unspecified atom stereocenters. The molecule has 0 aliphatic carbocycles. The lowest BCUT2D eigenvalue weighted by Crippen LogP contribution is -2.62. The highest BCUT2D eigenvalue weighted by atomic mass is 16.7. The van der Waals surface area contributed by atoms with Crippen LogP contribution in [0.15, 0.2) is 0 Å². The van der Waals surface area contributed by atoms with E-state index in [0.29, 0.717) is 6.42 Å². The third kappa shape index (κ3) is 10.3. The summed E-state index contributed by atoms with van der Waals surface area (Å²) in [6, 6.07) is -1.01. The van der Waals surface area contributed by atoms with Gasteiger partial charge in [-0.05, 0) is 80.8 Å². The quantitative estimate of drug-likeness (QED) is 0.224. The summed E-state index contributed by atoms with van der Waals surface area (Å²) in [7, 11) is 5.24. The fraction of sp³-hybridized carbons (Fsp3) is 0.949. The van der Waals surface area contributed by atoms with Crippen LogP contribution >= 0.6 is 0 Å². The third-order valence-corrected chi connectivity index (χ3v) is 12.4. The molecule has 0 radical (unpaired) electrons. The normalized spacial score (nSPS) is 48.9. The van der Waals surface area contributed by atoms with Gasteiger partial charge in [0.05, 0.1) is 42.0 Å². The molecule has 19 atom stereocenters. The van der Waals surface area contributed by atoms with Gasteiger partial charge < -0.3 is 64.2 Å². The Bertz CT molecular complexity index is 1240. The first-order valence-electron chi connectivity index (χ1n) is 19.6. The number of ether oxygens (including phenoxy) is 7. The highest BCUT2D eigenvalue weighted by Crippen LogP contribution is 2.41. The van der Waals surface area contributed by atoms with Gasteiger partial charge in [0.1, 0.15) is 23.4 Å². The molecule has 15 heteroatoms. The van der Waals surface area contributed by atoms with Gasteiger partial charge in [-0.15, -0.1) is 0 Å². The summed E-state index contributed by atoms with van der Waals surface area (Å²) in [6.07, 6.45) is -8.72. The summed E-state index contributed by atoms with van der Waals surface area (Å²) in [5.41, 5.74) is 2.17. The van der Waals surface area contributed by atoms with Gasteiger partial charge in [-0.3, -0.25) is 9.59 Å². The second-order valence-corrected chi connectivity index (χ2v) is 17.4. The third-order valence-electron chi connectivity index (χ3n) is 12.4. The lowest BCUT2D eigenvalue weighted by Gasteiger charge is -2.49. The molecule has 3 fully saturated rings. The van der Waals surface area contributed by atoms with Gasteiger partial charge in [0.25, 0.3) is 0 Å². The standard InChI is InChI=1S/C39H72N2O13/c1-15-27-39(11,47)32(44)21(4)29(40)19(2)17-37(9,46)33(54-36-30(43)26(41(12)13)16-20(3)49-36)22(5)31(23(6)35(45)52-27)53-28-18-38(10,48-14)34(24(7)50-28)51-25(8)42/h19-24,26-34,36,43-44,46-47H,15-18,40H2,1-14H3/t19?,20?,21?,22?,23?,24?,26?,27-,28?,29?,30?,31?,32?,33?,34?,36?,37?,38?,39?/m1/s1. The maximum absolute atomic E-state index is 14.2. The number of cyclic esters (lactones) is 1. The molecule has 3 heterocycles. The average molecular weight is 777 g/mol. The molecule has 6 N–H and O–H groups in total. The van der Waals surface area contributed by atoms with Gasteiger partial charge in [0.2, 0.25) is 0 Å². The molecule has 0 aromatic heterocycles. The van der Waals surface area contributed by atoms with Crippen molar-refractivity contribution in [3.05, 3.63) is 0 Å². The largest absolute Gasteiger partial charge is 0.459 e. The molecule has 0 amide bonds. The predicted octanol–water partition coefficient (Wildman–Crippen LogP) is 2.11. The zero-order valence-corrected chi connectivity index (χ0v) is 35.1. The van der Waals surface area contributed by atoms with E-state index < -0.39 is 114 Å². The van der Waals surface area contributed by atoms with Crippen LogP contribution in [0.25, 0.3) is 0 Å². The highest BCUT2D eigenvalue weighted by Gasteiger charge is 2.54. The van der Waals surface area contributed by atoms with E-state index in [1.165, 1.54) is 21.0 Å². The molecule has 54 heavy (non-hydrogen) atoms. The number of esters is 2. The van der Waals surface area contributed by atoms with Crippen molar-refractivity contribution in [2.75, 3.05) is 21.2 Å². The molecule has 316 valence electrons. The Labute approximate surface area is 322 Å². The number of rotatable bonds is 8. The minimum absolute atomic E-state index is 0.0728. The monoisotopic (exact) mass is 777 g/mol. The van der Waals surface area contributed by atoms with Crippen LogP contribution in [0, 0.1) is 23.7 Å². The molecule has 3 saturated heterocycles. The molecule has 0 spiro atoms. The van der Waals surface area contributed by atoms with E-state index in [-0.39, 0.29) is 31.4 Å². The number of nitrogens with two attached hydrogens (primary N) is 1. The second kappa shape index (κ2) is 18.4. The van der Waals surface area contributed by atoms with Crippen molar-refractivity contribution in [1.82, 2.24) is 4.90 Å². The Morgan fingerprint density at radius 2 is 1.57 bits per heavy atom. The summed E-state index contributed by atoms with van der Waals surface area (Å²) < 4.78 is 43.4. The van der Waals surface area contributed by atoms with E-state index in [4.69, 9.17) is 38.9 Å². The van der Waals surface area contributed by atoms with Crippen molar-refractivity contribution in [3.63, 3.8) is 0 Å². The minimum atomic E-state index is -1.87. The first-order chi connectivity index (χ1) is 24.8. The van der Waals surface area contributed by atoms with Crippen LogP contribution in [0.1, 0.15) is 102 Å². The van der Waals surface area contributed by atoms with Crippen LogP contribution in [0.2, 0.25) is 0 Å². The van der Waals surface area contributed by atoms with Crippen molar-refractivity contribution in [2.24, 2.45) is 29.4 Å². The van der Waals surface area contributed by atoms with E-state index in [1.807, 2.05) is 32.8 Å². The molecule has 3 rings (SSSR count). The molecule has 3 aliphatic heterocycles. The number of aliphatic hydroxyl groups excluding tert-OH is 2. The zero-order valence-electron chi connectivity index (χ0n) is 35.1. The maximum atomic E-state index is 14.2. The number of methoxy groups -OCH3 is 1. The van der Waals surface area contributed by atoms with Crippen molar-refractivity contribution in [1.29, 1.82) is 0 Å². The summed E-state index contributed by atoms with van der Waals surface area (Å²) in [5, 5.41) is 47.3. The minimum Gasteiger partial charge on any atom is -0.459 e. The van der Waals surface area contributed by atoms with E-state index in [1.54, 1.807) is 48.5 Å². The van der Waals surface area contributed by atoms with Gasteiger partial charge in [0, 0.05) is 44.4 Å². The molecule has 0 saturated carbocycles.